The van der Waals surface area contributed by atoms with Crippen LogP contribution in [-0.4, -0.2) is 30.8 Å². The molecule has 20 heavy (non-hydrogen) atoms. The Bertz CT molecular complexity index is 586. The first-order valence-corrected chi connectivity index (χ1v) is 6.28. The summed E-state index contributed by atoms with van der Waals surface area (Å²) in [5, 5.41) is 1.83. The fourth-order valence-electron chi connectivity index (χ4n) is 1.88. The Balaban J connectivity index is 2.27. The van der Waals surface area contributed by atoms with Crippen molar-refractivity contribution < 1.29 is 9.53 Å². The van der Waals surface area contributed by atoms with Crippen LogP contribution in [0.3, 0.4) is 0 Å². The highest BCUT2D eigenvalue weighted by Crippen LogP contribution is 2.15. The average molecular weight is 271 g/mol. The van der Waals surface area contributed by atoms with E-state index in [0.717, 1.165) is 17.1 Å². The van der Waals surface area contributed by atoms with Crippen molar-refractivity contribution >= 4 is 11.7 Å². The quantitative estimate of drug-likeness (QED) is 0.855. The second-order valence-corrected chi connectivity index (χ2v) is 4.12. The standard InChI is InChI=1S/C15H17N3O2/c1-4-14-17-13(9-10-18(14)16-2)11-5-7-12(8-6-11)15(19)20-3/h4-10,16H,1-3H3/b14-4-. The summed E-state index contributed by atoms with van der Waals surface area (Å²) in [6.45, 7) is 1.93. The van der Waals surface area contributed by atoms with Crippen LogP contribution in [0.1, 0.15) is 22.8 Å². The number of ether oxygens (including phenoxy) is 1. The SMILES string of the molecule is C/C=C1/N=C(c2ccc(C(=O)OC)cc2)C=CN1NC. The van der Waals surface area contributed by atoms with Crippen LogP contribution >= 0.6 is 0 Å². The molecular formula is C15H17N3O2. The molecule has 0 atom stereocenters. The molecule has 0 aliphatic carbocycles. The second-order valence-electron chi connectivity index (χ2n) is 4.12. The zero-order valence-electron chi connectivity index (χ0n) is 11.8. The lowest BCUT2D eigenvalue weighted by atomic mass is 10.1. The summed E-state index contributed by atoms with van der Waals surface area (Å²) in [6, 6.07) is 7.18. The van der Waals surface area contributed by atoms with Gasteiger partial charge in [0, 0.05) is 18.8 Å². The molecule has 0 saturated heterocycles. The summed E-state index contributed by atoms with van der Waals surface area (Å²) in [7, 11) is 3.20. The molecule has 1 heterocycles. The summed E-state index contributed by atoms with van der Waals surface area (Å²) in [6.07, 6.45) is 5.74. The molecule has 0 aromatic heterocycles. The summed E-state index contributed by atoms with van der Waals surface area (Å²) >= 11 is 0. The number of methoxy groups -OCH3 is 1. The van der Waals surface area contributed by atoms with Gasteiger partial charge in [-0.05, 0) is 31.2 Å². The lowest BCUT2D eigenvalue weighted by molar-refractivity contribution is 0.0600. The maximum atomic E-state index is 11.4. The molecule has 1 N–H and O–H groups in total. The lowest BCUT2D eigenvalue weighted by Gasteiger charge is -2.23. The summed E-state index contributed by atoms with van der Waals surface area (Å²) in [5.74, 6) is 0.482. The van der Waals surface area contributed by atoms with Crippen molar-refractivity contribution in [3.05, 3.63) is 59.6 Å². The maximum Gasteiger partial charge on any atom is 0.337 e. The van der Waals surface area contributed by atoms with E-state index < -0.39 is 0 Å². The highest BCUT2D eigenvalue weighted by molar-refractivity contribution is 6.10. The van der Waals surface area contributed by atoms with Crippen molar-refractivity contribution in [2.24, 2.45) is 4.99 Å². The molecule has 104 valence electrons. The van der Waals surface area contributed by atoms with Gasteiger partial charge in [-0.1, -0.05) is 12.1 Å². The Kier molecular flexibility index (Phi) is 4.32. The molecule has 1 aliphatic heterocycles. The van der Waals surface area contributed by atoms with Crippen LogP contribution in [0.15, 0.2) is 53.4 Å². The zero-order chi connectivity index (χ0) is 14.5. The van der Waals surface area contributed by atoms with Crippen molar-refractivity contribution in [2.75, 3.05) is 14.2 Å². The molecule has 0 fully saturated rings. The minimum atomic E-state index is -0.340. The third kappa shape index (κ3) is 2.78. The van der Waals surface area contributed by atoms with Gasteiger partial charge < -0.3 is 4.74 Å². The second kappa shape index (κ2) is 6.16. The number of esters is 1. The van der Waals surface area contributed by atoms with Crippen molar-refractivity contribution in [3.8, 4) is 0 Å². The molecule has 0 unspecified atom stereocenters. The number of aliphatic imine (C=N–C) groups is 1. The van der Waals surface area contributed by atoms with Crippen molar-refractivity contribution in [2.45, 2.75) is 6.92 Å². The van der Waals surface area contributed by atoms with E-state index in [1.165, 1.54) is 7.11 Å². The Morgan fingerprint density at radius 1 is 1.35 bits per heavy atom. The molecule has 0 bridgehead atoms. The molecule has 0 saturated carbocycles. The van der Waals surface area contributed by atoms with E-state index >= 15 is 0 Å². The molecule has 1 aromatic rings. The number of hydrazine groups is 1. The van der Waals surface area contributed by atoms with Crippen molar-refractivity contribution in [1.29, 1.82) is 0 Å². The van der Waals surface area contributed by atoms with Crippen LogP contribution in [-0.2, 0) is 4.74 Å². The van der Waals surface area contributed by atoms with Crippen LogP contribution in [0.4, 0.5) is 0 Å². The number of carbonyl (C=O) groups is 1. The minimum absolute atomic E-state index is 0.340. The Morgan fingerprint density at radius 2 is 2.05 bits per heavy atom. The van der Waals surface area contributed by atoms with Gasteiger partial charge in [-0.15, -0.1) is 0 Å². The fourth-order valence-corrected chi connectivity index (χ4v) is 1.88. The topological polar surface area (TPSA) is 53.9 Å². The smallest absolute Gasteiger partial charge is 0.337 e. The van der Waals surface area contributed by atoms with Crippen LogP contribution in [0.25, 0.3) is 0 Å². The van der Waals surface area contributed by atoms with E-state index in [2.05, 4.69) is 15.2 Å². The molecule has 5 nitrogen and oxygen atoms in total. The summed E-state index contributed by atoms with van der Waals surface area (Å²) < 4.78 is 4.68. The van der Waals surface area contributed by atoms with E-state index in [4.69, 9.17) is 0 Å². The van der Waals surface area contributed by atoms with Crippen molar-refractivity contribution in [1.82, 2.24) is 10.4 Å². The average Bonchev–Trinajstić information content (AvgIpc) is 2.53. The lowest BCUT2D eigenvalue weighted by Crippen LogP contribution is -2.31. The highest BCUT2D eigenvalue weighted by Gasteiger charge is 2.12. The van der Waals surface area contributed by atoms with E-state index in [1.807, 2.05) is 49.5 Å². The summed E-state index contributed by atoms with van der Waals surface area (Å²) in [5.41, 5.74) is 5.34. The van der Waals surface area contributed by atoms with Crippen molar-refractivity contribution in [3.63, 3.8) is 0 Å². The number of hydrogen-bond acceptors (Lipinski definition) is 5. The number of carbonyl (C=O) groups excluding carboxylic acids is 1. The number of nitrogens with one attached hydrogen (secondary N) is 1. The van der Waals surface area contributed by atoms with E-state index in [0.29, 0.717) is 5.56 Å². The van der Waals surface area contributed by atoms with Crippen LogP contribution in [0.2, 0.25) is 0 Å². The van der Waals surface area contributed by atoms with Gasteiger partial charge >= 0.3 is 5.97 Å². The van der Waals surface area contributed by atoms with Gasteiger partial charge in [-0.3, -0.25) is 5.01 Å². The predicted octanol–water partition coefficient (Wildman–Crippen LogP) is 2.09. The third-order valence-electron chi connectivity index (χ3n) is 2.96. The number of hydrogen-bond donors (Lipinski definition) is 1. The molecule has 1 aliphatic rings. The van der Waals surface area contributed by atoms with Crippen LogP contribution < -0.4 is 5.43 Å². The first-order valence-electron chi connectivity index (χ1n) is 6.28. The Hall–Kier alpha value is -2.40. The number of benzene rings is 1. The van der Waals surface area contributed by atoms with Gasteiger partial charge in [-0.2, -0.15) is 0 Å². The van der Waals surface area contributed by atoms with Gasteiger partial charge in [0.25, 0.3) is 0 Å². The zero-order valence-corrected chi connectivity index (χ0v) is 11.8. The normalized spacial score (nSPS) is 16.2. The predicted molar refractivity (Wildman–Crippen MR) is 78.1 cm³/mol. The third-order valence-corrected chi connectivity index (χ3v) is 2.96. The fraction of sp³-hybridized carbons (Fsp3) is 0.200. The maximum absolute atomic E-state index is 11.4. The molecule has 1 aromatic carbocycles. The molecular weight excluding hydrogens is 254 g/mol. The molecule has 0 radical (unpaired) electrons. The van der Waals surface area contributed by atoms with Gasteiger partial charge in [0.15, 0.2) is 0 Å². The number of rotatable bonds is 3. The van der Waals surface area contributed by atoms with Gasteiger partial charge in [0.2, 0.25) is 0 Å². The molecule has 5 heteroatoms. The van der Waals surface area contributed by atoms with E-state index in [9.17, 15) is 4.79 Å². The van der Waals surface area contributed by atoms with Crippen LogP contribution in [0.5, 0.6) is 0 Å². The Morgan fingerprint density at radius 3 is 2.60 bits per heavy atom. The summed E-state index contributed by atoms with van der Waals surface area (Å²) in [4.78, 5) is 15.9. The van der Waals surface area contributed by atoms with E-state index in [1.54, 1.807) is 12.1 Å². The number of allylic oxidation sites excluding steroid dienone is 2. The minimum Gasteiger partial charge on any atom is -0.465 e. The number of nitrogens with zero attached hydrogens (tertiary/aromatic N) is 2. The monoisotopic (exact) mass is 271 g/mol. The van der Waals surface area contributed by atoms with E-state index in [-0.39, 0.29) is 5.97 Å². The molecule has 0 spiro atoms. The van der Waals surface area contributed by atoms with Gasteiger partial charge in [0.1, 0.15) is 5.82 Å². The van der Waals surface area contributed by atoms with Crippen LogP contribution in [0, 0.1) is 0 Å². The molecule has 0 amide bonds. The first kappa shape index (κ1) is 14.0. The van der Waals surface area contributed by atoms with Gasteiger partial charge in [-0.25, -0.2) is 15.2 Å². The Labute approximate surface area is 118 Å². The first-order chi connectivity index (χ1) is 9.69. The van der Waals surface area contributed by atoms with Gasteiger partial charge in [0.05, 0.1) is 18.4 Å². The highest BCUT2D eigenvalue weighted by atomic mass is 16.5. The molecule has 2 rings (SSSR count). The largest absolute Gasteiger partial charge is 0.465 e.